The molecule has 2 nitrogen and oxygen atoms in total. The zero-order valence-electron chi connectivity index (χ0n) is 8.76. The SMILES string of the molecule is CCc1cc(F)c(O)c(C(C)(C)N)c1. The molecule has 0 saturated carbocycles. The highest BCUT2D eigenvalue weighted by molar-refractivity contribution is 5.41. The first-order chi connectivity index (χ1) is 6.36. The third-order valence-corrected chi connectivity index (χ3v) is 2.23. The molecular formula is C11H16FNO. The van der Waals surface area contributed by atoms with E-state index in [9.17, 15) is 9.50 Å². The minimum atomic E-state index is -0.726. The zero-order chi connectivity index (χ0) is 10.9. The number of hydrogen-bond donors (Lipinski definition) is 2. The smallest absolute Gasteiger partial charge is 0.165 e. The summed E-state index contributed by atoms with van der Waals surface area (Å²) < 4.78 is 13.3. The van der Waals surface area contributed by atoms with Gasteiger partial charge in [-0.3, -0.25) is 0 Å². The van der Waals surface area contributed by atoms with E-state index in [0.717, 1.165) is 12.0 Å². The van der Waals surface area contributed by atoms with Crippen LogP contribution >= 0.6 is 0 Å². The lowest BCUT2D eigenvalue weighted by Crippen LogP contribution is -2.29. The van der Waals surface area contributed by atoms with Crippen molar-refractivity contribution < 1.29 is 9.50 Å². The second-order valence-electron chi connectivity index (χ2n) is 4.05. The number of aryl methyl sites for hydroxylation is 1. The average molecular weight is 197 g/mol. The number of phenolic OH excluding ortho intramolecular Hbond substituents is 1. The summed E-state index contributed by atoms with van der Waals surface area (Å²) in [5.74, 6) is -0.937. The van der Waals surface area contributed by atoms with Crippen molar-refractivity contribution in [1.82, 2.24) is 0 Å². The number of nitrogens with two attached hydrogens (primary N) is 1. The van der Waals surface area contributed by atoms with Crippen LogP contribution in [0.4, 0.5) is 4.39 Å². The highest BCUT2D eigenvalue weighted by atomic mass is 19.1. The van der Waals surface area contributed by atoms with Crippen molar-refractivity contribution in [2.75, 3.05) is 0 Å². The largest absolute Gasteiger partial charge is 0.505 e. The molecule has 1 aromatic rings. The highest BCUT2D eigenvalue weighted by Gasteiger charge is 2.21. The molecule has 0 atom stereocenters. The molecule has 0 aliphatic rings. The van der Waals surface area contributed by atoms with Crippen LogP contribution in [-0.4, -0.2) is 5.11 Å². The fraction of sp³-hybridized carbons (Fsp3) is 0.455. The summed E-state index contributed by atoms with van der Waals surface area (Å²) in [4.78, 5) is 0. The van der Waals surface area contributed by atoms with Crippen LogP contribution in [0.15, 0.2) is 12.1 Å². The van der Waals surface area contributed by atoms with Crippen LogP contribution in [0.5, 0.6) is 5.75 Å². The van der Waals surface area contributed by atoms with Gasteiger partial charge in [0.25, 0.3) is 0 Å². The number of aromatic hydroxyl groups is 1. The summed E-state index contributed by atoms with van der Waals surface area (Å²) in [6.07, 6.45) is 0.723. The summed E-state index contributed by atoms with van der Waals surface area (Å²) >= 11 is 0. The molecular weight excluding hydrogens is 181 g/mol. The quantitative estimate of drug-likeness (QED) is 0.764. The van der Waals surface area contributed by atoms with Gasteiger partial charge in [0.2, 0.25) is 0 Å². The third-order valence-electron chi connectivity index (χ3n) is 2.23. The summed E-state index contributed by atoms with van der Waals surface area (Å²) in [6, 6.07) is 3.09. The van der Waals surface area contributed by atoms with Crippen molar-refractivity contribution in [3.63, 3.8) is 0 Å². The predicted octanol–water partition coefficient (Wildman–Crippen LogP) is 2.29. The molecule has 0 saturated heterocycles. The monoisotopic (exact) mass is 197 g/mol. The van der Waals surface area contributed by atoms with Gasteiger partial charge < -0.3 is 10.8 Å². The van der Waals surface area contributed by atoms with E-state index < -0.39 is 11.4 Å². The van der Waals surface area contributed by atoms with Crippen LogP contribution in [0.25, 0.3) is 0 Å². The number of benzene rings is 1. The number of halogens is 1. The second kappa shape index (κ2) is 3.58. The van der Waals surface area contributed by atoms with Crippen LogP contribution in [0, 0.1) is 5.82 Å². The Kier molecular flexibility index (Phi) is 2.81. The second-order valence-corrected chi connectivity index (χ2v) is 4.05. The van der Waals surface area contributed by atoms with E-state index in [1.54, 1.807) is 19.9 Å². The number of hydrogen-bond acceptors (Lipinski definition) is 2. The van der Waals surface area contributed by atoms with Gasteiger partial charge in [-0.15, -0.1) is 0 Å². The lowest BCUT2D eigenvalue weighted by Gasteiger charge is -2.21. The maximum absolute atomic E-state index is 13.3. The van der Waals surface area contributed by atoms with Gasteiger partial charge in [0, 0.05) is 11.1 Å². The number of phenols is 1. The Morgan fingerprint density at radius 1 is 1.43 bits per heavy atom. The summed E-state index contributed by atoms with van der Waals surface area (Å²) in [5.41, 5.74) is 6.39. The Balaban J connectivity index is 3.35. The Hall–Kier alpha value is -1.09. The van der Waals surface area contributed by atoms with Crippen molar-refractivity contribution in [3.05, 3.63) is 29.1 Å². The van der Waals surface area contributed by atoms with Crippen molar-refractivity contribution in [2.24, 2.45) is 5.73 Å². The number of rotatable bonds is 2. The van der Waals surface area contributed by atoms with Crippen molar-refractivity contribution >= 4 is 0 Å². The van der Waals surface area contributed by atoms with Crippen molar-refractivity contribution in [1.29, 1.82) is 0 Å². The van der Waals surface area contributed by atoms with E-state index in [2.05, 4.69) is 0 Å². The fourth-order valence-electron chi connectivity index (χ4n) is 1.35. The molecule has 0 fully saturated rings. The molecule has 0 aromatic heterocycles. The van der Waals surface area contributed by atoms with E-state index in [-0.39, 0.29) is 5.75 Å². The Morgan fingerprint density at radius 3 is 2.43 bits per heavy atom. The summed E-state index contributed by atoms with van der Waals surface area (Å²) in [7, 11) is 0. The Morgan fingerprint density at radius 2 is 2.00 bits per heavy atom. The first-order valence-corrected chi connectivity index (χ1v) is 4.67. The van der Waals surface area contributed by atoms with Crippen molar-refractivity contribution in [2.45, 2.75) is 32.7 Å². The molecule has 3 heteroatoms. The molecule has 3 N–H and O–H groups in total. The van der Waals surface area contributed by atoms with Gasteiger partial charge in [0.15, 0.2) is 11.6 Å². The molecule has 0 aliphatic heterocycles. The van der Waals surface area contributed by atoms with E-state index >= 15 is 0 Å². The molecule has 1 rings (SSSR count). The average Bonchev–Trinajstić information content (AvgIpc) is 2.07. The standard InChI is InChI=1S/C11H16FNO/c1-4-7-5-8(11(2,3)13)10(14)9(12)6-7/h5-6,14H,4,13H2,1-3H3. The summed E-state index contributed by atoms with van der Waals surface area (Å²) in [5, 5.41) is 9.50. The molecule has 0 bridgehead atoms. The van der Waals surface area contributed by atoms with Crippen LogP contribution in [0.1, 0.15) is 31.9 Å². The fourth-order valence-corrected chi connectivity index (χ4v) is 1.35. The van der Waals surface area contributed by atoms with Gasteiger partial charge in [0.1, 0.15) is 0 Å². The molecule has 0 spiro atoms. The topological polar surface area (TPSA) is 46.2 Å². The molecule has 0 radical (unpaired) electrons. The molecule has 0 unspecified atom stereocenters. The van der Waals surface area contributed by atoms with Gasteiger partial charge in [0.05, 0.1) is 0 Å². The van der Waals surface area contributed by atoms with Gasteiger partial charge in [-0.2, -0.15) is 0 Å². The molecule has 1 aromatic carbocycles. The molecule has 0 aliphatic carbocycles. The highest BCUT2D eigenvalue weighted by Crippen LogP contribution is 2.30. The van der Waals surface area contributed by atoms with Gasteiger partial charge in [-0.1, -0.05) is 13.0 Å². The maximum Gasteiger partial charge on any atom is 0.165 e. The molecule has 0 heterocycles. The lowest BCUT2D eigenvalue weighted by atomic mass is 9.92. The first kappa shape index (κ1) is 11.0. The van der Waals surface area contributed by atoms with E-state index in [1.165, 1.54) is 6.07 Å². The Labute approximate surface area is 83.6 Å². The van der Waals surface area contributed by atoms with Gasteiger partial charge in [-0.25, -0.2) is 4.39 Å². The lowest BCUT2D eigenvalue weighted by molar-refractivity contribution is 0.405. The van der Waals surface area contributed by atoms with Crippen LogP contribution in [0.2, 0.25) is 0 Å². The van der Waals surface area contributed by atoms with E-state index in [0.29, 0.717) is 5.56 Å². The first-order valence-electron chi connectivity index (χ1n) is 4.67. The van der Waals surface area contributed by atoms with Gasteiger partial charge in [-0.05, 0) is 31.9 Å². The van der Waals surface area contributed by atoms with Crippen LogP contribution in [0.3, 0.4) is 0 Å². The molecule has 0 amide bonds. The van der Waals surface area contributed by atoms with E-state index in [4.69, 9.17) is 5.73 Å². The minimum absolute atomic E-state index is 0.338. The molecule has 78 valence electrons. The molecule has 14 heavy (non-hydrogen) atoms. The summed E-state index contributed by atoms with van der Waals surface area (Å²) in [6.45, 7) is 5.40. The van der Waals surface area contributed by atoms with Crippen molar-refractivity contribution in [3.8, 4) is 5.75 Å². The minimum Gasteiger partial charge on any atom is -0.505 e. The third kappa shape index (κ3) is 2.04. The van der Waals surface area contributed by atoms with E-state index in [1.807, 2.05) is 6.92 Å². The van der Waals surface area contributed by atoms with Crippen LogP contribution in [-0.2, 0) is 12.0 Å². The van der Waals surface area contributed by atoms with Gasteiger partial charge >= 0.3 is 0 Å². The zero-order valence-corrected chi connectivity index (χ0v) is 8.76. The maximum atomic E-state index is 13.3. The Bertz CT molecular complexity index is 342. The predicted molar refractivity (Wildman–Crippen MR) is 54.7 cm³/mol. The van der Waals surface area contributed by atoms with Crippen LogP contribution < -0.4 is 5.73 Å². The normalized spacial score (nSPS) is 11.8.